The van der Waals surface area contributed by atoms with E-state index in [-0.39, 0.29) is 24.4 Å². The number of aryl methyl sites for hydroxylation is 2. The Balaban J connectivity index is 0.00000220. The topological polar surface area (TPSA) is 68.3 Å². The van der Waals surface area contributed by atoms with Crippen molar-refractivity contribution >= 4 is 18.3 Å². The molecule has 0 bridgehead atoms. The van der Waals surface area contributed by atoms with Gasteiger partial charge in [0.2, 0.25) is 0 Å². The van der Waals surface area contributed by atoms with Crippen LogP contribution in [0.1, 0.15) is 40.4 Å². The van der Waals surface area contributed by atoms with Crippen molar-refractivity contribution in [1.82, 2.24) is 5.32 Å². The predicted octanol–water partition coefficient (Wildman–Crippen LogP) is 3.00. The molecule has 1 amide bonds. The van der Waals surface area contributed by atoms with Gasteiger partial charge >= 0.3 is 0 Å². The normalized spacial score (nSPS) is 11.6. The van der Waals surface area contributed by atoms with Crippen LogP contribution in [0.2, 0.25) is 0 Å². The second kappa shape index (κ2) is 7.86. The van der Waals surface area contributed by atoms with Crippen LogP contribution in [0.4, 0.5) is 0 Å². The molecule has 2 aromatic rings. The van der Waals surface area contributed by atoms with Crippen molar-refractivity contribution in [2.45, 2.75) is 26.3 Å². The summed E-state index contributed by atoms with van der Waals surface area (Å²) in [6, 6.07) is 11.2. The van der Waals surface area contributed by atoms with Crippen molar-refractivity contribution in [3.63, 3.8) is 0 Å². The van der Waals surface area contributed by atoms with Crippen molar-refractivity contribution in [3.05, 3.63) is 59.0 Å². The first-order valence-electron chi connectivity index (χ1n) is 6.79. The molecule has 0 aliphatic rings. The highest BCUT2D eigenvalue weighted by Crippen LogP contribution is 2.15. The van der Waals surface area contributed by atoms with E-state index in [0.29, 0.717) is 12.3 Å². The van der Waals surface area contributed by atoms with E-state index in [1.54, 1.807) is 6.07 Å². The van der Waals surface area contributed by atoms with Gasteiger partial charge < -0.3 is 15.5 Å². The lowest BCUT2D eigenvalue weighted by Gasteiger charge is -2.12. The van der Waals surface area contributed by atoms with Gasteiger partial charge in [-0.15, -0.1) is 12.4 Å². The van der Waals surface area contributed by atoms with Crippen molar-refractivity contribution in [2.75, 3.05) is 6.54 Å². The van der Waals surface area contributed by atoms with Gasteiger partial charge in [-0.1, -0.05) is 37.3 Å². The monoisotopic (exact) mass is 308 g/mol. The Bertz CT molecular complexity index is 581. The molecule has 3 N–H and O–H groups in total. The Morgan fingerprint density at radius 3 is 2.57 bits per heavy atom. The third kappa shape index (κ3) is 4.34. The number of carbonyl (C=O) groups excluding carboxylic acids is 1. The molecule has 1 aromatic heterocycles. The quantitative estimate of drug-likeness (QED) is 0.892. The summed E-state index contributed by atoms with van der Waals surface area (Å²) >= 11 is 0. The molecule has 0 radical (unpaired) electrons. The van der Waals surface area contributed by atoms with Crippen molar-refractivity contribution in [1.29, 1.82) is 0 Å². The molecule has 21 heavy (non-hydrogen) atoms. The Morgan fingerprint density at radius 1 is 1.33 bits per heavy atom. The fourth-order valence-corrected chi connectivity index (χ4v) is 2.09. The maximum absolute atomic E-state index is 12.0. The lowest BCUT2D eigenvalue weighted by Crippen LogP contribution is -2.31. The number of nitrogens with two attached hydrogens (primary N) is 1. The SMILES string of the molecule is CCc1oc(C(=O)NCC(N)c2ccccc2)cc1C.Cl. The number of carbonyl (C=O) groups is 1. The number of furan rings is 1. The Labute approximate surface area is 131 Å². The number of hydrogen-bond donors (Lipinski definition) is 2. The molecule has 1 heterocycles. The fraction of sp³-hybridized carbons (Fsp3) is 0.312. The van der Waals surface area contributed by atoms with E-state index in [1.807, 2.05) is 44.2 Å². The highest BCUT2D eigenvalue weighted by molar-refractivity contribution is 5.91. The van der Waals surface area contributed by atoms with Crippen molar-refractivity contribution in [2.24, 2.45) is 5.73 Å². The first kappa shape index (κ1) is 17.3. The summed E-state index contributed by atoms with van der Waals surface area (Å²) in [7, 11) is 0. The first-order valence-corrected chi connectivity index (χ1v) is 6.79. The predicted molar refractivity (Wildman–Crippen MR) is 85.8 cm³/mol. The lowest BCUT2D eigenvalue weighted by atomic mass is 10.1. The number of nitrogens with one attached hydrogen (secondary N) is 1. The van der Waals surface area contributed by atoms with Gasteiger partial charge in [0.1, 0.15) is 5.76 Å². The number of halogens is 1. The van der Waals surface area contributed by atoms with Crippen LogP contribution in [0.3, 0.4) is 0 Å². The summed E-state index contributed by atoms with van der Waals surface area (Å²) in [5.74, 6) is 0.973. The fourth-order valence-electron chi connectivity index (χ4n) is 2.09. The molecule has 1 atom stereocenters. The Hall–Kier alpha value is -1.78. The zero-order valence-corrected chi connectivity index (χ0v) is 13.1. The molecular formula is C16H21ClN2O2. The van der Waals surface area contributed by atoms with Crippen LogP contribution in [0.5, 0.6) is 0 Å². The molecular weight excluding hydrogens is 288 g/mol. The molecule has 0 spiro atoms. The van der Waals surface area contributed by atoms with Gasteiger partial charge in [0.25, 0.3) is 5.91 Å². The third-order valence-corrected chi connectivity index (χ3v) is 3.28. The summed E-state index contributed by atoms with van der Waals surface area (Å²) in [5.41, 5.74) is 8.04. The Kier molecular flexibility index (Phi) is 6.46. The molecule has 2 rings (SSSR count). The minimum Gasteiger partial charge on any atom is -0.456 e. The van der Waals surface area contributed by atoms with E-state index in [0.717, 1.165) is 23.3 Å². The standard InChI is InChI=1S/C16H20N2O2.ClH/c1-3-14-11(2)9-15(20-14)16(19)18-10-13(17)12-7-5-4-6-8-12;/h4-9,13H,3,10,17H2,1-2H3,(H,18,19);1H. The highest BCUT2D eigenvalue weighted by atomic mass is 35.5. The van der Waals surface area contributed by atoms with Crippen LogP contribution in [0, 0.1) is 6.92 Å². The van der Waals surface area contributed by atoms with Gasteiger partial charge in [0, 0.05) is 19.0 Å². The van der Waals surface area contributed by atoms with Gasteiger partial charge in [-0.3, -0.25) is 4.79 Å². The first-order chi connectivity index (χ1) is 9.61. The zero-order chi connectivity index (χ0) is 14.5. The summed E-state index contributed by atoms with van der Waals surface area (Å²) in [6.07, 6.45) is 0.780. The minimum atomic E-state index is -0.223. The second-order valence-electron chi connectivity index (χ2n) is 4.80. The molecule has 1 unspecified atom stereocenters. The van der Waals surface area contributed by atoms with E-state index >= 15 is 0 Å². The maximum Gasteiger partial charge on any atom is 0.287 e. The van der Waals surface area contributed by atoms with E-state index in [2.05, 4.69) is 5.32 Å². The van der Waals surface area contributed by atoms with Gasteiger partial charge in [0.15, 0.2) is 5.76 Å². The van der Waals surface area contributed by atoms with Crippen LogP contribution in [-0.2, 0) is 6.42 Å². The van der Waals surface area contributed by atoms with Crippen LogP contribution >= 0.6 is 12.4 Å². The summed E-state index contributed by atoms with van der Waals surface area (Å²) < 4.78 is 5.51. The van der Waals surface area contributed by atoms with E-state index in [1.165, 1.54) is 0 Å². The molecule has 0 saturated heterocycles. The van der Waals surface area contributed by atoms with E-state index in [4.69, 9.17) is 10.2 Å². The van der Waals surface area contributed by atoms with Gasteiger partial charge in [-0.2, -0.15) is 0 Å². The molecule has 114 valence electrons. The van der Waals surface area contributed by atoms with E-state index in [9.17, 15) is 4.79 Å². The largest absolute Gasteiger partial charge is 0.456 e. The van der Waals surface area contributed by atoms with E-state index < -0.39 is 0 Å². The van der Waals surface area contributed by atoms with Crippen molar-refractivity contribution in [3.8, 4) is 0 Å². The molecule has 1 aromatic carbocycles. The van der Waals surface area contributed by atoms with Crippen LogP contribution in [-0.4, -0.2) is 12.5 Å². The van der Waals surface area contributed by atoms with Gasteiger partial charge in [-0.25, -0.2) is 0 Å². The molecule has 0 fully saturated rings. The van der Waals surface area contributed by atoms with Crippen LogP contribution < -0.4 is 11.1 Å². The molecule has 4 nitrogen and oxygen atoms in total. The number of benzene rings is 1. The molecule has 0 saturated carbocycles. The number of amides is 1. The van der Waals surface area contributed by atoms with Crippen LogP contribution in [0.25, 0.3) is 0 Å². The zero-order valence-electron chi connectivity index (χ0n) is 12.3. The summed E-state index contributed by atoms with van der Waals surface area (Å²) in [4.78, 5) is 12.0. The minimum absolute atomic E-state index is 0. The summed E-state index contributed by atoms with van der Waals surface area (Å²) in [6.45, 7) is 4.32. The highest BCUT2D eigenvalue weighted by Gasteiger charge is 2.14. The Morgan fingerprint density at radius 2 is 2.00 bits per heavy atom. The lowest BCUT2D eigenvalue weighted by molar-refractivity contribution is 0.0922. The molecule has 0 aliphatic heterocycles. The van der Waals surface area contributed by atoms with Crippen LogP contribution in [0.15, 0.2) is 40.8 Å². The third-order valence-electron chi connectivity index (χ3n) is 3.28. The maximum atomic E-state index is 12.0. The smallest absolute Gasteiger partial charge is 0.287 e. The number of hydrogen-bond acceptors (Lipinski definition) is 3. The molecule has 5 heteroatoms. The average Bonchev–Trinajstić information content (AvgIpc) is 2.86. The van der Waals surface area contributed by atoms with Gasteiger partial charge in [-0.05, 0) is 24.1 Å². The molecule has 0 aliphatic carbocycles. The number of rotatable bonds is 5. The van der Waals surface area contributed by atoms with Gasteiger partial charge in [0.05, 0.1) is 0 Å². The average molecular weight is 309 g/mol. The summed E-state index contributed by atoms with van der Waals surface area (Å²) in [5, 5.41) is 2.80. The van der Waals surface area contributed by atoms with Crippen molar-refractivity contribution < 1.29 is 9.21 Å². The second-order valence-corrected chi connectivity index (χ2v) is 4.80.